The summed E-state index contributed by atoms with van der Waals surface area (Å²) in [5.41, 5.74) is 0.683. The molecule has 2 aromatic rings. The molecule has 16 heavy (non-hydrogen) atoms. The lowest BCUT2D eigenvalue weighted by Gasteiger charge is -1.98. The molecule has 2 N–H and O–H groups in total. The third-order valence-electron chi connectivity index (χ3n) is 2.10. The Morgan fingerprint density at radius 3 is 3.00 bits per heavy atom. The number of rotatable bonds is 3. The molecule has 0 spiro atoms. The SMILES string of the molecule is CNCc1cnc(-c2ccc(O)c(F)c2)s1. The van der Waals surface area contributed by atoms with Crippen LogP contribution in [0.5, 0.6) is 5.75 Å². The van der Waals surface area contributed by atoms with Crippen LogP contribution in [0.2, 0.25) is 0 Å². The average Bonchev–Trinajstić information content (AvgIpc) is 2.71. The van der Waals surface area contributed by atoms with Gasteiger partial charge < -0.3 is 10.4 Å². The van der Waals surface area contributed by atoms with Crippen molar-refractivity contribution in [1.29, 1.82) is 0 Å². The summed E-state index contributed by atoms with van der Waals surface area (Å²) in [6, 6.07) is 4.28. The molecular formula is C11H11FN2OS. The molecule has 0 atom stereocenters. The number of benzene rings is 1. The maximum Gasteiger partial charge on any atom is 0.165 e. The molecule has 1 heterocycles. The molecular weight excluding hydrogens is 227 g/mol. The zero-order valence-corrected chi connectivity index (χ0v) is 9.51. The molecule has 3 nitrogen and oxygen atoms in total. The Balaban J connectivity index is 2.31. The number of nitrogens with zero attached hydrogens (tertiary/aromatic N) is 1. The molecule has 5 heteroatoms. The third kappa shape index (κ3) is 2.20. The van der Waals surface area contributed by atoms with Gasteiger partial charge in [0.15, 0.2) is 11.6 Å². The Bertz CT molecular complexity index is 498. The van der Waals surface area contributed by atoms with Gasteiger partial charge in [-0.25, -0.2) is 9.37 Å². The van der Waals surface area contributed by atoms with Gasteiger partial charge in [0.2, 0.25) is 0 Å². The van der Waals surface area contributed by atoms with Gasteiger partial charge in [-0.2, -0.15) is 0 Å². The first-order valence-corrected chi connectivity index (χ1v) is 5.60. The van der Waals surface area contributed by atoms with E-state index >= 15 is 0 Å². The van der Waals surface area contributed by atoms with Gasteiger partial charge in [0.1, 0.15) is 5.01 Å². The number of phenols is 1. The van der Waals surface area contributed by atoms with E-state index in [9.17, 15) is 4.39 Å². The van der Waals surface area contributed by atoms with Gasteiger partial charge in [-0.05, 0) is 25.2 Å². The van der Waals surface area contributed by atoms with Crippen LogP contribution in [0.15, 0.2) is 24.4 Å². The Morgan fingerprint density at radius 2 is 2.31 bits per heavy atom. The van der Waals surface area contributed by atoms with E-state index in [1.54, 1.807) is 12.3 Å². The maximum atomic E-state index is 13.1. The van der Waals surface area contributed by atoms with Crippen molar-refractivity contribution in [3.63, 3.8) is 0 Å². The highest BCUT2D eigenvalue weighted by Gasteiger charge is 2.07. The highest BCUT2D eigenvalue weighted by molar-refractivity contribution is 7.15. The Kier molecular flexibility index (Phi) is 3.17. The number of thiazole rings is 1. The van der Waals surface area contributed by atoms with Gasteiger partial charge >= 0.3 is 0 Å². The second kappa shape index (κ2) is 4.59. The van der Waals surface area contributed by atoms with Gasteiger partial charge in [0.25, 0.3) is 0 Å². The number of nitrogens with one attached hydrogen (secondary N) is 1. The third-order valence-corrected chi connectivity index (χ3v) is 3.15. The van der Waals surface area contributed by atoms with E-state index in [1.165, 1.54) is 23.5 Å². The van der Waals surface area contributed by atoms with Crippen molar-refractivity contribution in [2.75, 3.05) is 7.05 Å². The minimum absolute atomic E-state index is 0.337. The minimum Gasteiger partial charge on any atom is -0.505 e. The number of aromatic nitrogens is 1. The van der Waals surface area contributed by atoms with Crippen molar-refractivity contribution in [3.8, 4) is 16.3 Å². The van der Waals surface area contributed by atoms with Crippen LogP contribution in [0, 0.1) is 5.82 Å². The fraction of sp³-hybridized carbons (Fsp3) is 0.182. The van der Waals surface area contributed by atoms with E-state index in [0.717, 1.165) is 16.4 Å². The summed E-state index contributed by atoms with van der Waals surface area (Å²) in [5.74, 6) is -0.960. The lowest BCUT2D eigenvalue weighted by molar-refractivity contribution is 0.432. The van der Waals surface area contributed by atoms with Crippen molar-refractivity contribution in [2.24, 2.45) is 0 Å². The Labute approximate surface area is 96.6 Å². The van der Waals surface area contributed by atoms with Crippen molar-refractivity contribution in [3.05, 3.63) is 35.1 Å². The van der Waals surface area contributed by atoms with Crippen molar-refractivity contribution >= 4 is 11.3 Å². The van der Waals surface area contributed by atoms with Crippen LogP contribution >= 0.6 is 11.3 Å². The molecule has 0 aliphatic rings. The summed E-state index contributed by atoms with van der Waals surface area (Å²) in [6.07, 6.45) is 1.77. The maximum absolute atomic E-state index is 13.1. The summed E-state index contributed by atoms with van der Waals surface area (Å²) in [7, 11) is 1.86. The summed E-state index contributed by atoms with van der Waals surface area (Å²) in [5, 5.41) is 12.9. The second-order valence-electron chi connectivity index (χ2n) is 3.33. The van der Waals surface area contributed by atoms with Gasteiger partial charge in [-0.15, -0.1) is 11.3 Å². The second-order valence-corrected chi connectivity index (χ2v) is 4.44. The first-order valence-electron chi connectivity index (χ1n) is 4.79. The topological polar surface area (TPSA) is 45.2 Å². The molecule has 2 rings (SSSR count). The fourth-order valence-electron chi connectivity index (χ4n) is 1.34. The molecule has 1 aromatic heterocycles. The number of phenolic OH excluding ortho intramolecular Hbond substituents is 1. The van der Waals surface area contributed by atoms with Crippen LogP contribution in [-0.4, -0.2) is 17.1 Å². The number of hydrogen-bond acceptors (Lipinski definition) is 4. The largest absolute Gasteiger partial charge is 0.505 e. The summed E-state index contributed by atoms with van der Waals surface area (Å²) < 4.78 is 13.1. The smallest absolute Gasteiger partial charge is 0.165 e. The first-order chi connectivity index (χ1) is 7.70. The molecule has 0 amide bonds. The number of halogens is 1. The summed E-state index contributed by atoms with van der Waals surface area (Å²) in [4.78, 5) is 5.29. The average molecular weight is 238 g/mol. The van der Waals surface area contributed by atoms with E-state index < -0.39 is 5.82 Å². The molecule has 0 aliphatic carbocycles. The monoisotopic (exact) mass is 238 g/mol. The zero-order valence-electron chi connectivity index (χ0n) is 8.70. The van der Waals surface area contributed by atoms with E-state index in [2.05, 4.69) is 10.3 Å². The van der Waals surface area contributed by atoms with Crippen LogP contribution in [0.1, 0.15) is 4.88 Å². The molecule has 0 radical (unpaired) electrons. The van der Waals surface area contributed by atoms with E-state index in [0.29, 0.717) is 5.56 Å². The zero-order chi connectivity index (χ0) is 11.5. The van der Waals surface area contributed by atoms with Gasteiger partial charge in [-0.3, -0.25) is 0 Å². The van der Waals surface area contributed by atoms with Crippen LogP contribution in [0.4, 0.5) is 4.39 Å². The lowest BCUT2D eigenvalue weighted by atomic mass is 10.2. The van der Waals surface area contributed by atoms with E-state index in [-0.39, 0.29) is 5.75 Å². The van der Waals surface area contributed by atoms with Gasteiger partial charge in [0.05, 0.1) is 0 Å². The number of hydrogen-bond donors (Lipinski definition) is 2. The molecule has 0 unspecified atom stereocenters. The summed E-state index contributed by atoms with van der Waals surface area (Å²) >= 11 is 1.50. The van der Waals surface area contributed by atoms with E-state index in [1.807, 2.05) is 7.05 Å². The first kappa shape index (κ1) is 11.0. The van der Waals surface area contributed by atoms with Crippen molar-refractivity contribution < 1.29 is 9.50 Å². The van der Waals surface area contributed by atoms with Crippen LogP contribution in [-0.2, 0) is 6.54 Å². The molecule has 0 fully saturated rings. The van der Waals surface area contributed by atoms with Crippen LogP contribution < -0.4 is 5.32 Å². The minimum atomic E-state index is -0.622. The Morgan fingerprint density at radius 1 is 1.50 bits per heavy atom. The number of aromatic hydroxyl groups is 1. The van der Waals surface area contributed by atoms with E-state index in [4.69, 9.17) is 5.11 Å². The normalized spacial score (nSPS) is 10.6. The lowest BCUT2D eigenvalue weighted by Crippen LogP contribution is -2.02. The predicted molar refractivity (Wildman–Crippen MR) is 61.9 cm³/mol. The molecule has 1 aromatic carbocycles. The Hall–Kier alpha value is -1.46. The molecule has 0 saturated carbocycles. The quantitative estimate of drug-likeness (QED) is 0.863. The summed E-state index contributed by atoms with van der Waals surface area (Å²) in [6.45, 7) is 0.748. The highest BCUT2D eigenvalue weighted by Crippen LogP contribution is 2.28. The highest BCUT2D eigenvalue weighted by atomic mass is 32.1. The van der Waals surface area contributed by atoms with Crippen LogP contribution in [0.25, 0.3) is 10.6 Å². The van der Waals surface area contributed by atoms with Crippen molar-refractivity contribution in [2.45, 2.75) is 6.54 Å². The molecule has 0 bridgehead atoms. The molecule has 0 aliphatic heterocycles. The van der Waals surface area contributed by atoms with Crippen molar-refractivity contribution in [1.82, 2.24) is 10.3 Å². The van der Waals surface area contributed by atoms with Gasteiger partial charge in [0, 0.05) is 23.2 Å². The standard InChI is InChI=1S/C11H11FN2OS/c1-13-5-8-6-14-11(16-8)7-2-3-10(15)9(12)4-7/h2-4,6,13,15H,5H2,1H3. The van der Waals surface area contributed by atoms with Crippen LogP contribution in [0.3, 0.4) is 0 Å². The fourth-order valence-corrected chi connectivity index (χ4v) is 2.26. The van der Waals surface area contributed by atoms with Gasteiger partial charge in [-0.1, -0.05) is 0 Å². The molecule has 84 valence electrons. The predicted octanol–water partition coefficient (Wildman–Crippen LogP) is 2.37. The molecule has 0 saturated heterocycles.